The summed E-state index contributed by atoms with van der Waals surface area (Å²) < 4.78 is 33.3. The third-order valence-corrected chi connectivity index (χ3v) is 8.11. The molecule has 3 aromatic carbocycles. The molecule has 0 N–H and O–H groups in total. The van der Waals surface area contributed by atoms with Gasteiger partial charge in [-0.05, 0) is 48.4 Å². The number of piperazine rings is 1. The molecule has 1 amide bonds. The first-order valence-electron chi connectivity index (χ1n) is 11.7. The molecule has 0 unspecified atom stereocenters. The van der Waals surface area contributed by atoms with Crippen LogP contribution >= 0.6 is 0 Å². The number of sulfonamides is 1. The van der Waals surface area contributed by atoms with E-state index >= 15 is 0 Å². The van der Waals surface area contributed by atoms with Crippen molar-refractivity contribution < 1.29 is 17.9 Å². The standard InChI is InChI=1S/C27H31N3O4S/c1-34-25-14-12-24(13-15-25)28-18-20-29(21-19-28)27(31)22-30(17-16-23-8-4-2-5-9-23)35(32,33)26-10-6-3-7-11-26/h2-15H,16-22H2,1H3. The molecule has 0 radical (unpaired) electrons. The molecule has 1 heterocycles. The first-order valence-corrected chi connectivity index (χ1v) is 13.2. The highest BCUT2D eigenvalue weighted by Gasteiger charge is 2.29. The molecule has 184 valence electrons. The largest absolute Gasteiger partial charge is 0.497 e. The molecule has 3 aromatic rings. The van der Waals surface area contributed by atoms with E-state index in [9.17, 15) is 13.2 Å². The highest BCUT2D eigenvalue weighted by molar-refractivity contribution is 7.89. The fourth-order valence-electron chi connectivity index (χ4n) is 4.18. The summed E-state index contributed by atoms with van der Waals surface area (Å²) in [5.41, 5.74) is 2.11. The molecule has 1 saturated heterocycles. The first-order chi connectivity index (χ1) is 17.0. The Kier molecular flexibility index (Phi) is 8.05. The van der Waals surface area contributed by atoms with Crippen LogP contribution < -0.4 is 9.64 Å². The van der Waals surface area contributed by atoms with Gasteiger partial charge in [-0.2, -0.15) is 4.31 Å². The van der Waals surface area contributed by atoms with Crippen LogP contribution in [0.25, 0.3) is 0 Å². The van der Waals surface area contributed by atoms with Crippen molar-refractivity contribution in [2.45, 2.75) is 11.3 Å². The second kappa shape index (κ2) is 11.4. The fraction of sp³-hybridized carbons (Fsp3) is 0.296. The van der Waals surface area contributed by atoms with E-state index in [1.807, 2.05) is 54.6 Å². The predicted molar refractivity (Wildman–Crippen MR) is 137 cm³/mol. The summed E-state index contributed by atoms with van der Waals surface area (Å²) in [6, 6.07) is 25.9. The quantitative estimate of drug-likeness (QED) is 0.458. The summed E-state index contributed by atoms with van der Waals surface area (Å²) in [5, 5.41) is 0. The molecule has 7 nitrogen and oxygen atoms in total. The van der Waals surface area contributed by atoms with Crippen LogP contribution in [0.1, 0.15) is 5.56 Å². The normalized spacial score (nSPS) is 14.2. The molecule has 1 aliphatic heterocycles. The number of hydrogen-bond donors (Lipinski definition) is 0. The molecule has 1 fully saturated rings. The third kappa shape index (κ3) is 6.21. The number of nitrogens with zero attached hydrogens (tertiary/aromatic N) is 3. The van der Waals surface area contributed by atoms with Crippen molar-refractivity contribution in [3.05, 3.63) is 90.5 Å². The average Bonchev–Trinajstić information content (AvgIpc) is 2.92. The zero-order chi connectivity index (χ0) is 24.7. The molecule has 0 bridgehead atoms. The topological polar surface area (TPSA) is 70.2 Å². The monoisotopic (exact) mass is 493 g/mol. The minimum atomic E-state index is -3.80. The molecule has 35 heavy (non-hydrogen) atoms. The van der Waals surface area contributed by atoms with Gasteiger partial charge in [0, 0.05) is 38.4 Å². The van der Waals surface area contributed by atoms with Crippen LogP contribution in [0.4, 0.5) is 5.69 Å². The van der Waals surface area contributed by atoms with Gasteiger partial charge >= 0.3 is 0 Å². The molecule has 4 rings (SSSR count). The minimum Gasteiger partial charge on any atom is -0.497 e. The zero-order valence-electron chi connectivity index (χ0n) is 19.9. The Morgan fingerprint density at radius 2 is 1.46 bits per heavy atom. The Labute approximate surface area is 207 Å². The van der Waals surface area contributed by atoms with E-state index in [0.29, 0.717) is 32.6 Å². The van der Waals surface area contributed by atoms with Crippen LogP contribution in [0.2, 0.25) is 0 Å². The van der Waals surface area contributed by atoms with Gasteiger partial charge in [0.25, 0.3) is 0 Å². The van der Waals surface area contributed by atoms with Crippen LogP contribution in [0.5, 0.6) is 5.75 Å². The highest BCUT2D eigenvalue weighted by Crippen LogP contribution is 2.21. The molecular formula is C27H31N3O4S. The highest BCUT2D eigenvalue weighted by atomic mass is 32.2. The van der Waals surface area contributed by atoms with E-state index in [-0.39, 0.29) is 23.9 Å². The number of anilines is 1. The molecule has 0 saturated carbocycles. The van der Waals surface area contributed by atoms with Gasteiger partial charge in [-0.25, -0.2) is 8.42 Å². The van der Waals surface area contributed by atoms with E-state index < -0.39 is 10.0 Å². The number of methoxy groups -OCH3 is 1. The van der Waals surface area contributed by atoms with Crippen molar-refractivity contribution in [3.8, 4) is 5.75 Å². The SMILES string of the molecule is COc1ccc(N2CCN(C(=O)CN(CCc3ccccc3)S(=O)(=O)c3ccccc3)CC2)cc1. The van der Waals surface area contributed by atoms with Gasteiger partial charge in [0.05, 0.1) is 18.6 Å². The Hall–Kier alpha value is -3.36. The molecule has 1 aliphatic rings. The van der Waals surface area contributed by atoms with Crippen molar-refractivity contribution in [1.82, 2.24) is 9.21 Å². The molecule has 0 atom stereocenters. The second-order valence-corrected chi connectivity index (χ2v) is 10.4. The van der Waals surface area contributed by atoms with E-state index in [4.69, 9.17) is 4.74 Å². The lowest BCUT2D eigenvalue weighted by Gasteiger charge is -2.37. The number of amides is 1. The number of benzene rings is 3. The van der Waals surface area contributed by atoms with Crippen molar-refractivity contribution in [2.24, 2.45) is 0 Å². The second-order valence-electron chi connectivity index (χ2n) is 8.45. The number of carbonyl (C=O) groups is 1. The maximum absolute atomic E-state index is 13.4. The zero-order valence-corrected chi connectivity index (χ0v) is 20.7. The lowest BCUT2D eigenvalue weighted by molar-refractivity contribution is -0.131. The van der Waals surface area contributed by atoms with E-state index in [1.54, 1.807) is 42.3 Å². The van der Waals surface area contributed by atoms with Crippen molar-refractivity contribution in [2.75, 3.05) is 51.3 Å². The summed E-state index contributed by atoms with van der Waals surface area (Å²) in [4.78, 5) is 17.4. The van der Waals surface area contributed by atoms with Gasteiger partial charge in [0.15, 0.2) is 0 Å². The van der Waals surface area contributed by atoms with E-state index in [0.717, 1.165) is 17.0 Å². The Morgan fingerprint density at radius 3 is 2.06 bits per heavy atom. The van der Waals surface area contributed by atoms with Gasteiger partial charge in [-0.3, -0.25) is 4.79 Å². The molecule has 0 aliphatic carbocycles. The lowest BCUT2D eigenvalue weighted by atomic mass is 10.1. The minimum absolute atomic E-state index is 0.174. The van der Waals surface area contributed by atoms with Crippen LogP contribution in [-0.4, -0.2) is 69.9 Å². The number of carbonyl (C=O) groups excluding carboxylic acids is 1. The fourth-order valence-corrected chi connectivity index (χ4v) is 5.59. The van der Waals surface area contributed by atoms with Crippen LogP contribution in [0, 0.1) is 0 Å². The third-order valence-electron chi connectivity index (χ3n) is 6.26. The molecular weight excluding hydrogens is 462 g/mol. The average molecular weight is 494 g/mol. The summed E-state index contributed by atoms with van der Waals surface area (Å²) in [5.74, 6) is 0.629. The number of hydrogen-bond acceptors (Lipinski definition) is 5. The Bertz CT molecular complexity index is 1190. The smallest absolute Gasteiger partial charge is 0.243 e. The van der Waals surface area contributed by atoms with E-state index in [1.165, 1.54) is 4.31 Å². The van der Waals surface area contributed by atoms with Crippen LogP contribution in [-0.2, 0) is 21.2 Å². The van der Waals surface area contributed by atoms with Gasteiger partial charge in [-0.15, -0.1) is 0 Å². The van der Waals surface area contributed by atoms with Gasteiger partial charge < -0.3 is 14.5 Å². The number of ether oxygens (including phenoxy) is 1. The predicted octanol–water partition coefficient (Wildman–Crippen LogP) is 3.28. The summed E-state index contributed by atoms with van der Waals surface area (Å²) in [6.07, 6.45) is 0.533. The van der Waals surface area contributed by atoms with Crippen molar-refractivity contribution in [3.63, 3.8) is 0 Å². The maximum Gasteiger partial charge on any atom is 0.243 e. The molecule has 0 aromatic heterocycles. The Morgan fingerprint density at radius 1 is 0.857 bits per heavy atom. The molecule has 8 heteroatoms. The molecule has 0 spiro atoms. The van der Waals surface area contributed by atoms with Crippen LogP contribution in [0.15, 0.2) is 89.8 Å². The lowest BCUT2D eigenvalue weighted by Crippen LogP contribution is -2.52. The van der Waals surface area contributed by atoms with E-state index in [2.05, 4.69) is 4.90 Å². The summed E-state index contributed by atoms with van der Waals surface area (Å²) >= 11 is 0. The van der Waals surface area contributed by atoms with Gasteiger partial charge in [-0.1, -0.05) is 48.5 Å². The summed E-state index contributed by atoms with van der Waals surface area (Å²) in [6.45, 7) is 2.53. The van der Waals surface area contributed by atoms with Crippen molar-refractivity contribution in [1.29, 1.82) is 0 Å². The van der Waals surface area contributed by atoms with Gasteiger partial charge in [0.2, 0.25) is 15.9 Å². The van der Waals surface area contributed by atoms with Crippen molar-refractivity contribution >= 4 is 21.6 Å². The summed E-state index contributed by atoms with van der Waals surface area (Å²) in [7, 11) is -2.16. The Balaban J connectivity index is 1.42. The van der Waals surface area contributed by atoms with Gasteiger partial charge in [0.1, 0.15) is 5.75 Å². The maximum atomic E-state index is 13.4. The van der Waals surface area contributed by atoms with Crippen LogP contribution in [0.3, 0.4) is 0 Å². The first kappa shape index (κ1) is 24.8. The number of rotatable bonds is 9.